The van der Waals surface area contributed by atoms with Crippen molar-refractivity contribution in [2.24, 2.45) is 0 Å². The first-order valence-corrected chi connectivity index (χ1v) is 9.03. The Kier molecular flexibility index (Phi) is 4.69. The number of hydrogen-bond acceptors (Lipinski definition) is 6. The SMILES string of the molecule is CC(C)(C)c1csc(CN2CCCC(n3cc(C(=O)O)nn3)C2)n1. The zero-order chi connectivity index (χ0) is 17.3. The quantitative estimate of drug-likeness (QED) is 0.913. The number of likely N-dealkylation sites (tertiary alicyclic amines) is 1. The minimum Gasteiger partial charge on any atom is -0.476 e. The van der Waals surface area contributed by atoms with Crippen molar-refractivity contribution in [3.05, 3.63) is 28.0 Å². The van der Waals surface area contributed by atoms with Gasteiger partial charge < -0.3 is 5.11 Å². The van der Waals surface area contributed by atoms with Gasteiger partial charge in [0.25, 0.3) is 0 Å². The summed E-state index contributed by atoms with van der Waals surface area (Å²) in [4.78, 5) is 18.1. The summed E-state index contributed by atoms with van der Waals surface area (Å²) in [6.07, 6.45) is 3.58. The van der Waals surface area contributed by atoms with E-state index in [-0.39, 0.29) is 17.2 Å². The van der Waals surface area contributed by atoms with Crippen LogP contribution in [0.4, 0.5) is 0 Å². The van der Waals surface area contributed by atoms with Crippen LogP contribution in [0.5, 0.6) is 0 Å². The summed E-state index contributed by atoms with van der Waals surface area (Å²) in [7, 11) is 0. The minimum absolute atomic E-state index is 0.00173. The van der Waals surface area contributed by atoms with E-state index in [0.717, 1.165) is 43.2 Å². The van der Waals surface area contributed by atoms with Gasteiger partial charge in [-0.1, -0.05) is 26.0 Å². The molecule has 0 saturated carbocycles. The monoisotopic (exact) mass is 349 g/mol. The van der Waals surface area contributed by atoms with Crippen LogP contribution in [0.25, 0.3) is 0 Å². The van der Waals surface area contributed by atoms with Crippen molar-refractivity contribution in [1.29, 1.82) is 0 Å². The van der Waals surface area contributed by atoms with E-state index < -0.39 is 5.97 Å². The molecule has 24 heavy (non-hydrogen) atoms. The van der Waals surface area contributed by atoms with Crippen LogP contribution in [0.3, 0.4) is 0 Å². The van der Waals surface area contributed by atoms with Crippen LogP contribution in [-0.4, -0.2) is 49.0 Å². The first kappa shape index (κ1) is 17.0. The van der Waals surface area contributed by atoms with Gasteiger partial charge in [0.15, 0.2) is 5.69 Å². The van der Waals surface area contributed by atoms with E-state index in [0.29, 0.717) is 0 Å². The first-order chi connectivity index (χ1) is 11.3. The molecule has 0 bridgehead atoms. The lowest BCUT2D eigenvalue weighted by Crippen LogP contribution is -2.36. The number of nitrogens with zero attached hydrogens (tertiary/aromatic N) is 5. The molecule has 1 aliphatic rings. The molecule has 2 aromatic rings. The molecular weight excluding hydrogens is 326 g/mol. The Balaban J connectivity index is 1.65. The summed E-state index contributed by atoms with van der Waals surface area (Å²) >= 11 is 1.71. The van der Waals surface area contributed by atoms with E-state index in [1.807, 2.05) is 0 Å². The summed E-state index contributed by atoms with van der Waals surface area (Å²) < 4.78 is 1.69. The van der Waals surface area contributed by atoms with Gasteiger partial charge in [0.2, 0.25) is 0 Å². The van der Waals surface area contributed by atoms with Gasteiger partial charge in [0.1, 0.15) is 5.01 Å². The summed E-state index contributed by atoms with van der Waals surface area (Å²) in [5, 5.41) is 20.0. The first-order valence-electron chi connectivity index (χ1n) is 8.15. The van der Waals surface area contributed by atoms with Gasteiger partial charge in [0, 0.05) is 17.3 Å². The van der Waals surface area contributed by atoms with E-state index in [1.54, 1.807) is 16.0 Å². The molecule has 1 unspecified atom stereocenters. The number of rotatable bonds is 4. The molecule has 1 atom stereocenters. The normalized spacial score (nSPS) is 19.5. The van der Waals surface area contributed by atoms with Crippen LogP contribution < -0.4 is 0 Å². The summed E-state index contributed by atoms with van der Waals surface area (Å²) in [5.41, 5.74) is 1.22. The molecule has 0 aliphatic carbocycles. The molecule has 0 radical (unpaired) electrons. The van der Waals surface area contributed by atoms with Crippen LogP contribution in [0.1, 0.15) is 60.8 Å². The average molecular weight is 349 g/mol. The number of piperidine rings is 1. The fourth-order valence-corrected chi connectivity index (χ4v) is 3.93. The largest absolute Gasteiger partial charge is 0.476 e. The molecule has 130 valence electrons. The lowest BCUT2D eigenvalue weighted by atomic mass is 9.93. The summed E-state index contributed by atoms with van der Waals surface area (Å²) in [6, 6.07) is 0.168. The molecule has 0 aromatic carbocycles. The molecular formula is C16H23N5O2S. The highest BCUT2D eigenvalue weighted by atomic mass is 32.1. The van der Waals surface area contributed by atoms with Crippen molar-refractivity contribution in [2.45, 2.75) is 51.6 Å². The second kappa shape index (κ2) is 6.60. The highest BCUT2D eigenvalue weighted by Crippen LogP contribution is 2.26. The number of aromatic carboxylic acids is 1. The lowest BCUT2D eigenvalue weighted by Gasteiger charge is -2.31. The molecule has 8 heteroatoms. The van der Waals surface area contributed by atoms with Gasteiger partial charge in [-0.05, 0) is 19.4 Å². The topological polar surface area (TPSA) is 84.1 Å². The Labute approximate surface area is 145 Å². The second-order valence-corrected chi connectivity index (χ2v) is 8.24. The maximum absolute atomic E-state index is 11.0. The lowest BCUT2D eigenvalue weighted by molar-refractivity contribution is 0.0690. The van der Waals surface area contributed by atoms with Gasteiger partial charge in [-0.2, -0.15) is 0 Å². The molecule has 0 spiro atoms. The predicted octanol–water partition coefficient (Wildman–Crippen LogP) is 2.57. The van der Waals surface area contributed by atoms with Crippen molar-refractivity contribution in [2.75, 3.05) is 13.1 Å². The third kappa shape index (κ3) is 3.81. The Bertz CT molecular complexity index is 718. The molecule has 1 fully saturated rings. The molecule has 1 saturated heterocycles. The molecule has 1 N–H and O–H groups in total. The van der Waals surface area contributed by atoms with Crippen LogP contribution >= 0.6 is 11.3 Å². The van der Waals surface area contributed by atoms with Gasteiger partial charge >= 0.3 is 5.97 Å². The van der Waals surface area contributed by atoms with Crippen molar-refractivity contribution < 1.29 is 9.90 Å². The fourth-order valence-electron chi connectivity index (χ4n) is 2.86. The third-order valence-electron chi connectivity index (χ3n) is 4.26. The number of carbonyl (C=O) groups is 1. The number of carboxylic acid groups (broad SMARTS) is 1. The third-order valence-corrected chi connectivity index (χ3v) is 5.10. The van der Waals surface area contributed by atoms with Crippen molar-refractivity contribution in [3.8, 4) is 0 Å². The smallest absolute Gasteiger partial charge is 0.358 e. The maximum Gasteiger partial charge on any atom is 0.358 e. The molecule has 0 amide bonds. The Hall–Kier alpha value is -1.80. The Morgan fingerprint density at radius 1 is 1.46 bits per heavy atom. The van der Waals surface area contributed by atoms with Gasteiger partial charge in [-0.25, -0.2) is 14.5 Å². The highest BCUT2D eigenvalue weighted by molar-refractivity contribution is 7.09. The second-order valence-electron chi connectivity index (χ2n) is 7.30. The van der Waals surface area contributed by atoms with Gasteiger partial charge in [-0.3, -0.25) is 4.90 Å². The molecule has 7 nitrogen and oxygen atoms in total. The van der Waals surface area contributed by atoms with Crippen LogP contribution in [0, 0.1) is 0 Å². The summed E-state index contributed by atoms with van der Waals surface area (Å²) in [5.74, 6) is -1.04. The zero-order valence-corrected chi connectivity index (χ0v) is 15.1. The molecule has 2 aromatic heterocycles. The van der Waals surface area contributed by atoms with Gasteiger partial charge in [-0.15, -0.1) is 16.4 Å². The van der Waals surface area contributed by atoms with E-state index in [2.05, 4.69) is 41.4 Å². The standard InChI is InChI=1S/C16H23N5O2S/c1-16(2,3)13-10-24-14(17-13)9-20-6-4-5-11(7-20)21-8-12(15(22)23)18-19-21/h8,10-11H,4-7,9H2,1-3H3,(H,22,23). The van der Waals surface area contributed by atoms with Crippen molar-refractivity contribution >= 4 is 17.3 Å². The zero-order valence-electron chi connectivity index (χ0n) is 14.3. The minimum atomic E-state index is -1.04. The van der Waals surface area contributed by atoms with Crippen molar-refractivity contribution in [1.82, 2.24) is 24.9 Å². The predicted molar refractivity (Wildman–Crippen MR) is 91.3 cm³/mol. The van der Waals surface area contributed by atoms with E-state index >= 15 is 0 Å². The number of aromatic nitrogens is 4. The summed E-state index contributed by atoms with van der Waals surface area (Å²) in [6.45, 7) is 9.22. The van der Waals surface area contributed by atoms with Crippen LogP contribution in [0.15, 0.2) is 11.6 Å². The highest BCUT2D eigenvalue weighted by Gasteiger charge is 2.25. The number of thiazole rings is 1. The molecule has 1 aliphatic heterocycles. The van der Waals surface area contributed by atoms with Crippen LogP contribution in [0.2, 0.25) is 0 Å². The van der Waals surface area contributed by atoms with E-state index in [9.17, 15) is 4.79 Å². The van der Waals surface area contributed by atoms with Crippen molar-refractivity contribution in [3.63, 3.8) is 0 Å². The number of hydrogen-bond donors (Lipinski definition) is 1. The Morgan fingerprint density at radius 3 is 2.88 bits per heavy atom. The Morgan fingerprint density at radius 2 is 2.25 bits per heavy atom. The van der Waals surface area contributed by atoms with E-state index in [4.69, 9.17) is 10.1 Å². The average Bonchev–Trinajstić information content (AvgIpc) is 3.16. The number of carboxylic acids is 1. The molecule has 3 heterocycles. The van der Waals surface area contributed by atoms with Gasteiger partial charge in [0.05, 0.1) is 24.5 Å². The maximum atomic E-state index is 11.0. The van der Waals surface area contributed by atoms with Crippen LogP contribution in [-0.2, 0) is 12.0 Å². The van der Waals surface area contributed by atoms with E-state index in [1.165, 1.54) is 6.20 Å². The fraction of sp³-hybridized carbons (Fsp3) is 0.625. The molecule has 3 rings (SSSR count).